The number of methoxy groups -OCH3 is 1. The summed E-state index contributed by atoms with van der Waals surface area (Å²) in [4.78, 5) is 16.4. The number of amides is 1. The van der Waals surface area contributed by atoms with E-state index in [1.54, 1.807) is 26.2 Å². The highest BCUT2D eigenvalue weighted by Gasteiger charge is 2.13. The highest BCUT2D eigenvalue weighted by atomic mass is 32.1. The molecule has 0 aliphatic rings. The number of rotatable bonds is 8. The van der Waals surface area contributed by atoms with Crippen molar-refractivity contribution < 1.29 is 27.4 Å². The van der Waals surface area contributed by atoms with Crippen LogP contribution >= 0.6 is 11.3 Å². The van der Waals surface area contributed by atoms with Crippen LogP contribution in [0.15, 0.2) is 42.6 Å². The Kier molecular flexibility index (Phi) is 7.43. The highest BCUT2D eigenvalue weighted by Crippen LogP contribution is 2.23. The number of thiazole rings is 1. The Morgan fingerprint density at radius 2 is 2.03 bits per heavy atom. The van der Waals surface area contributed by atoms with Gasteiger partial charge in [-0.05, 0) is 36.8 Å². The van der Waals surface area contributed by atoms with Crippen molar-refractivity contribution in [1.29, 1.82) is 0 Å². The maximum atomic E-state index is 13.9. The van der Waals surface area contributed by atoms with E-state index in [4.69, 9.17) is 9.47 Å². The molecule has 0 spiro atoms. The van der Waals surface area contributed by atoms with Crippen LogP contribution in [-0.4, -0.2) is 30.7 Å². The zero-order valence-electron chi connectivity index (χ0n) is 16.7. The first-order chi connectivity index (χ1) is 14.9. The number of carbonyl (C=O) groups excluding carboxylic acids is 1. The Bertz CT molecular complexity index is 1100. The van der Waals surface area contributed by atoms with E-state index >= 15 is 0 Å². The molecular weight excluding hydrogens is 429 g/mol. The lowest BCUT2D eigenvalue weighted by molar-refractivity contribution is 0.0917. The number of nitrogens with one attached hydrogen (secondary N) is 1. The van der Waals surface area contributed by atoms with Gasteiger partial charge in [-0.15, -0.1) is 0 Å². The molecule has 1 atom stereocenters. The van der Waals surface area contributed by atoms with Gasteiger partial charge in [-0.25, -0.2) is 13.8 Å². The fourth-order valence-electron chi connectivity index (χ4n) is 2.74. The average Bonchev–Trinajstić information content (AvgIpc) is 3.13. The Hall–Kier alpha value is -3.17. The zero-order chi connectivity index (χ0) is 22.4. The van der Waals surface area contributed by atoms with Crippen molar-refractivity contribution in [2.45, 2.75) is 13.0 Å². The third-order valence-corrected chi connectivity index (χ3v) is 4.77. The minimum absolute atomic E-state index is 0.0586. The summed E-state index contributed by atoms with van der Waals surface area (Å²) in [5.41, 5.74) is 0.793. The topological polar surface area (TPSA) is 60.5 Å². The molecule has 0 saturated carbocycles. The van der Waals surface area contributed by atoms with Crippen molar-refractivity contribution in [3.8, 4) is 5.75 Å². The lowest BCUT2D eigenvalue weighted by Gasteiger charge is -2.15. The number of hydrogen-bond donors (Lipinski definition) is 1. The summed E-state index contributed by atoms with van der Waals surface area (Å²) in [7, 11) is 1.54. The average molecular weight is 448 g/mol. The maximum Gasteiger partial charge on any atom is 0.257 e. The second kappa shape index (κ2) is 10.2. The second-order valence-electron chi connectivity index (χ2n) is 6.57. The standard InChI is InChI=1S/C22H19F3N2O3S/c1-13(12-29-2)30-17-9-14(6-7-15-4-3-5-18(23)20(15)25)8-16(10-17)21(28)27-22-26-11-19(24)31-22/h3-11,13H,12H2,1-2H3,(H,26,27,28)/b7-6+/t13-/m0/s1. The number of hydrogen-bond acceptors (Lipinski definition) is 5. The smallest absolute Gasteiger partial charge is 0.257 e. The molecule has 0 unspecified atom stereocenters. The van der Waals surface area contributed by atoms with E-state index in [0.717, 1.165) is 12.3 Å². The second-order valence-corrected chi connectivity index (χ2v) is 7.56. The van der Waals surface area contributed by atoms with E-state index in [-0.39, 0.29) is 22.4 Å². The summed E-state index contributed by atoms with van der Waals surface area (Å²) in [5.74, 6) is -2.07. The minimum atomic E-state index is -0.969. The number of halogens is 3. The molecule has 1 N–H and O–H groups in total. The molecule has 5 nitrogen and oxygen atoms in total. The monoisotopic (exact) mass is 448 g/mol. The summed E-state index contributed by atoms with van der Waals surface area (Å²) < 4.78 is 51.4. The molecule has 3 rings (SSSR count). The van der Waals surface area contributed by atoms with Crippen LogP contribution in [0.2, 0.25) is 0 Å². The molecule has 31 heavy (non-hydrogen) atoms. The van der Waals surface area contributed by atoms with Gasteiger partial charge in [-0.2, -0.15) is 4.39 Å². The molecule has 162 valence electrons. The van der Waals surface area contributed by atoms with Gasteiger partial charge < -0.3 is 9.47 Å². The van der Waals surface area contributed by atoms with Gasteiger partial charge >= 0.3 is 0 Å². The van der Waals surface area contributed by atoms with Gasteiger partial charge in [0.25, 0.3) is 5.91 Å². The van der Waals surface area contributed by atoms with Crippen molar-refractivity contribution in [3.05, 3.63) is 76.1 Å². The van der Waals surface area contributed by atoms with Crippen LogP contribution in [0.3, 0.4) is 0 Å². The third kappa shape index (κ3) is 6.16. The van der Waals surface area contributed by atoms with Gasteiger partial charge in [-0.3, -0.25) is 10.1 Å². The Balaban J connectivity index is 1.91. The first-order valence-electron chi connectivity index (χ1n) is 9.21. The van der Waals surface area contributed by atoms with Crippen LogP contribution in [0.1, 0.15) is 28.4 Å². The molecule has 1 aromatic heterocycles. The molecule has 0 aliphatic carbocycles. The van der Waals surface area contributed by atoms with E-state index in [1.807, 2.05) is 0 Å². The molecule has 1 amide bonds. The largest absolute Gasteiger partial charge is 0.488 e. The zero-order valence-corrected chi connectivity index (χ0v) is 17.5. The number of carbonyl (C=O) groups is 1. The number of benzene rings is 2. The summed E-state index contributed by atoms with van der Waals surface area (Å²) in [6.07, 6.45) is 3.64. The molecule has 0 radical (unpaired) electrons. The van der Waals surface area contributed by atoms with Gasteiger partial charge in [0.05, 0.1) is 12.8 Å². The van der Waals surface area contributed by atoms with Crippen LogP contribution in [-0.2, 0) is 4.74 Å². The quantitative estimate of drug-likeness (QED) is 0.469. The molecule has 1 heterocycles. The van der Waals surface area contributed by atoms with Gasteiger partial charge in [0, 0.05) is 18.2 Å². The van der Waals surface area contributed by atoms with Gasteiger partial charge in [0.2, 0.25) is 0 Å². The Morgan fingerprint density at radius 3 is 2.74 bits per heavy atom. The van der Waals surface area contributed by atoms with Gasteiger partial charge in [0.1, 0.15) is 11.9 Å². The number of ether oxygens (including phenoxy) is 2. The van der Waals surface area contributed by atoms with Crippen molar-refractivity contribution in [1.82, 2.24) is 4.98 Å². The third-order valence-electron chi connectivity index (χ3n) is 4.06. The first kappa shape index (κ1) is 22.5. The molecular formula is C22H19F3N2O3S. The van der Waals surface area contributed by atoms with Crippen molar-refractivity contribution in [2.75, 3.05) is 19.0 Å². The van der Waals surface area contributed by atoms with Crippen molar-refractivity contribution >= 4 is 34.5 Å². The van der Waals surface area contributed by atoms with Crippen LogP contribution in [0.5, 0.6) is 5.75 Å². The minimum Gasteiger partial charge on any atom is -0.488 e. The van der Waals surface area contributed by atoms with E-state index in [2.05, 4.69) is 10.3 Å². The predicted octanol–water partition coefficient (Wildman–Crippen LogP) is 5.40. The molecule has 0 fully saturated rings. The number of aromatic nitrogens is 1. The van der Waals surface area contributed by atoms with E-state index in [9.17, 15) is 18.0 Å². The number of nitrogens with zero attached hydrogens (tertiary/aromatic N) is 1. The van der Waals surface area contributed by atoms with E-state index in [1.165, 1.54) is 30.4 Å². The van der Waals surface area contributed by atoms with Crippen molar-refractivity contribution in [2.24, 2.45) is 0 Å². The summed E-state index contributed by atoms with van der Waals surface area (Å²) in [5, 5.41) is 2.10. The fraction of sp³-hybridized carbons (Fsp3) is 0.182. The fourth-order valence-corrected chi connectivity index (χ4v) is 3.27. The van der Waals surface area contributed by atoms with Crippen LogP contribution in [0.4, 0.5) is 18.3 Å². The van der Waals surface area contributed by atoms with Crippen LogP contribution < -0.4 is 10.1 Å². The highest BCUT2D eigenvalue weighted by molar-refractivity contribution is 7.14. The number of anilines is 1. The summed E-state index contributed by atoms with van der Waals surface area (Å²) in [6, 6.07) is 8.57. The molecule has 0 bridgehead atoms. The molecule has 9 heteroatoms. The van der Waals surface area contributed by atoms with E-state index < -0.39 is 22.7 Å². The molecule has 0 saturated heterocycles. The van der Waals surface area contributed by atoms with Crippen LogP contribution in [0, 0.1) is 16.8 Å². The molecule has 2 aromatic carbocycles. The molecule has 0 aliphatic heterocycles. The molecule has 3 aromatic rings. The van der Waals surface area contributed by atoms with Crippen LogP contribution in [0.25, 0.3) is 12.2 Å². The predicted molar refractivity (Wildman–Crippen MR) is 114 cm³/mol. The van der Waals surface area contributed by atoms with Crippen molar-refractivity contribution in [3.63, 3.8) is 0 Å². The lowest BCUT2D eigenvalue weighted by atomic mass is 10.1. The van der Waals surface area contributed by atoms with E-state index in [0.29, 0.717) is 29.3 Å². The summed E-state index contributed by atoms with van der Waals surface area (Å²) in [6.45, 7) is 2.13. The SMILES string of the molecule is COC[C@H](C)Oc1cc(/C=C/c2cccc(F)c2F)cc(C(=O)Nc2ncc(F)s2)c1. The van der Waals surface area contributed by atoms with Gasteiger partial charge in [-0.1, -0.05) is 35.6 Å². The lowest BCUT2D eigenvalue weighted by Crippen LogP contribution is -2.18. The maximum absolute atomic E-state index is 13.9. The normalized spacial score (nSPS) is 12.2. The Morgan fingerprint density at radius 1 is 1.23 bits per heavy atom. The first-order valence-corrected chi connectivity index (χ1v) is 10.0. The Labute approximate surface area is 181 Å². The summed E-state index contributed by atoms with van der Waals surface area (Å²) >= 11 is 0.698. The van der Waals surface area contributed by atoms with Gasteiger partial charge in [0.15, 0.2) is 21.9 Å².